The minimum absolute atomic E-state index is 0.0543. The highest BCUT2D eigenvalue weighted by atomic mass is 32.2. The molecule has 0 spiro atoms. The van der Waals surface area contributed by atoms with Crippen molar-refractivity contribution in [2.24, 2.45) is 0 Å². The summed E-state index contributed by atoms with van der Waals surface area (Å²) in [4.78, 5) is 5.65. The molecule has 1 N–H and O–H groups in total. The molecule has 1 fully saturated rings. The summed E-state index contributed by atoms with van der Waals surface area (Å²) >= 11 is 1.25. The lowest BCUT2D eigenvalue weighted by atomic mass is 10.0. The van der Waals surface area contributed by atoms with Gasteiger partial charge in [-0.1, -0.05) is 24.3 Å². The Bertz CT molecular complexity index is 1180. The van der Waals surface area contributed by atoms with Crippen molar-refractivity contribution in [2.45, 2.75) is 37.1 Å². The lowest BCUT2D eigenvalue weighted by Crippen LogP contribution is -2.36. The average molecular weight is 464 g/mol. The van der Waals surface area contributed by atoms with Gasteiger partial charge in [0.05, 0.1) is 22.6 Å². The molecule has 1 aliphatic heterocycles. The molecule has 1 saturated heterocycles. The lowest BCUT2D eigenvalue weighted by Gasteiger charge is -2.31. The second-order valence-corrected chi connectivity index (χ2v) is 10.3. The van der Waals surface area contributed by atoms with E-state index in [0.29, 0.717) is 12.2 Å². The van der Waals surface area contributed by atoms with E-state index >= 15 is 0 Å². The van der Waals surface area contributed by atoms with Gasteiger partial charge in [0.25, 0.3) is 0 Å². The van der Waals surface area contributed by atoms with Crippen LogP contribution in [0.4, 0.5) is 14.5 Å². The van der Waals surface area contributed by atoms with Crippen LogP contribution >= 0.6 is 11.3 Å². The van der Waals surface area contributed by atoms with E-state index < -0.39 is 32.1 Å². The van der Waals surface area contributed by atoms with Crippen molar-refractivity contribution < 1.29 is 17.2 Å². The molecule has 0 radical (unpaired) electrons. The SMILES string of the molecule is Cc1cc(NCc2ccccc2CN2CCC2)c(F)c(F)c1S(=O)(=O)Cc1cscn1. The van der Waals surface area contributed by atoms with Gasteiger partial charge >= 0.3 is 0 Å². The highest BCUT2D eigenvalue weighted by Gasteiger charge is 2.27. The number of likely N-dealkylation sites (tertiary alicyclic amines) is 1. The van der Waals surface area contributed by atoms with Gasteiger partial charge in [-0.15, -0.1) is 11.3 Å². The number of aryl methyl sites for hydroxylation is 1. The largest absolute Gasteiger partial charge is 0.378 e. The first-order chi connectivity index (χ1) is 14.8. The van der Waals surface area contributed by atoms with Crippen molar-refractivity contribution in [1.29, 1.82) is 0 Å². The Morgan fingerprint density at radius 1 is 1.16 bits per heavy atom. The molecule has 2 aromatic carbocycles. The van der Waals surface area contributed by atoms with Crippen LogP contribution in [-0.2, 0) is 28.7 Å². The fourth-order valence-corrected chi connectivity index (χ4v) is 5.95. The highest BCUT2D eigenvalue weighted by molar-refractivity contribution is 7.90. The maximum atomic E-state index is 14.9. The van der Waals surface area contributed by atoms with Crippen molar-refractivity contribution >= 4 is 26.9 Å². The Morgan fingerprint density at radius 3 is 2.55 bits per heavy atom. The normalized spacial score (nSPS) is 14.4. The molecule has 0 amide bonds. The summed E-state index contributed by atoms with van der Waals surface area (Å²) in [6, 6.07) is 9.21. The fraction of sp³-hybridized carbons (Fsp3) is 0.318. The minimum Gasteiger partial charge on any atom is -0.378 e. The summed E-state index contributed by atoms with van der Waals surface area (Å²) in [5.74, 6) is -3.01. The molecule has 9 heteroatoms. The van der Waals surface area contributed by atoms with E-state index in [2.05, 4.69) is 15.2 Å². The minimum atomic E-state index is -4.07. The number of nitrogens with one attached hydrogen (secondary N) is 1. The van der Waals surface area contributed by atoms with Crippen molar-refractivity contribution in [3.8, 4) is 0 Å². The van der Waals surface area contributed by atoms with Gasteiger partial charge in [-0.25, -0.2) is 22.2 Å². The van der Waals surface area contributed by atoms with Crippen molar-refractivity contribution in [1.82, 2.24) is 9.88 Å². The van der Waals surface area contributed by atoms with Crippen LogP contribution in [0.15, 0.2) is 46.1 Å². The van der Waals surface area contributed by atoms with E-state index in [9.17, 15) is 17.2 Å². The van der Waals surface area contributed by atoms with Crippen molar-refractivity contribution in [3.05, 3.63) is 75.2 Å². The van der Waals surface area contributed by atoms with Crippen LogP contribution < -0.4 is 5.32 Å². The number of hydrogen-bond acceptors (Lipinski definition) is 6. The quantitative estimate of drug-likeness (QED) is 0.532. The molecule has 0 saturated carbocycles. The van der Waals surface area contributed by atoms with Crippen LogP contribution in [0.1, 0.15) is 28.8 Å². The van der Waals surface area contributed by atoms with Gasteiger partial charge in [-0.05, 0) is 49.2 Å². The second-order valence-electron chi connectivity index (χ2n) is 7.69. The van der Waals surface area contributed by atoms with E-state index in [1.54, 1.807) is 5.38 Å². The van der Waals surface area contributed by atoms with E-state index in [1.807, 2.05) is 24.3 Å². The smallest absolute Gasteiger partial charge is 0.187 e. The fourth-order valence-electron chi connectivity index (χ4n) is 3.68. The van der Waals surface area contributed by atoms with Gasteiger partial charge in [-0.3, -0.25) is 4.90 Å². The highest BCUT2D eigenvalue weighted by Crippen LogP contribution is 2.30. The lowest BCUT2D eigenvalue weighted by molar-refractivity contribution is 0.172. The second kappa shape index (κ2) is 9.02. The molecule has 5 nitrogen and oxygen atoms in total. The summed E-state index contributed by atoms with van der Waals surface area (Å²) in [6.45, 7) is 4.74. The van der Waals surface area contributed by atoms with Crippen molar-refractivity contribution in [2.75, 3.05) is 18.4 Å². The number of anilines is 1. The first kappa shape index (κ1) is 21.9. The van der Waals surface area contributed by atoms with Gasteiger partial charge in [0, 0.05) is 18.5 Å². The molecule has 1 aliphatic rings. The van der Waals surface area contributed by atoms with E-state index in [4.69, 9.17) is 0 Å². The van der Waals surface area contributed by atoms with Gasteiger partial charge < -0.3 is 5.32 Å². The van der Waals surface area contributed by atoms with Gasteiger partial charge in [-0.2, -0.15) is 0 Å². The van der Waals surface area contributed by atoms with E-state index in [-0.39, 0.29) is 11.3 Å². The number of sulfone groups is 1. The van der Waals surface area contributed by atoms with E-state index in [1.165, 1.54) is 36.3 Å². The zero-order chi connectivity index (χ0) is 22.0. The zero-order valence-corrected chi connectivity index (χ0v) is 18.7. The number of benzene rings is 2. The summed E-state index contributed by atoms with van der Waals surface area (Å²) in [5, 5.41) is 4.52. The molecule has 4 rings (SSSR count). The monoisotopic (exact) mass is 463 g/mol. The first-order valence-corrected chi connectivity index (χ1v) is 12.6. The third kappa shape index (κ3) is 4.78. The standard InChI is InChI=1S/C22H23F2N3O2S2/c1-15-9-19(25-10-16-5-2-3-6-17(16)11-27-7-4-8-27)20(23)21(24)22(15)31(28,29)13-18-12-30-14-26-18/h2-3,5-6,9,12,14,25H,4,7-8,10-11,13H2,1H3. The topological polar surface area (TPSA) is 62.3 Å². The Balaban J connectivity index is 1.56. The molecule has 3 aromatic rings. The van der Waals surface area contributed by atoms with E-state index in [0.717, 1.165) is 30.8 Å². The molecule has 1 aromatic heterocycles. The molecule has 164 valence electrons. The zero-order valence-electron chi connectivity index (χ0n) is 17.1. The molecular weight excluding hydrogens is 440 g/mol. The molecular formula is C22H23F2N3O2S2. The molecule has 0 atom stereocenters. The summed E-state index contributed by atoms with van der Waals surface area (Å²) < 4.78 is 55.1. The van der Waals surface area contributed by atoms with Gasteiger partial charge in [0.1, 0.15) is 4.90 Å². The predicted octanol–water partition coefficient (Wildman–Crippen LogP) is 4.52. The summed E-state index contributed by atoms with van der Waals surface area (Å²) in [5.41, 5.74) is 4.04. The predicted molar refractivity (Wildman–Crippen MR) is 118 cm³/mol. The van der Waals surface area contributed by atoms with Crippen LogP contribution in [0.25, 0.3) is 0 Å². The van der Waals surface area contributed by atoms with Crippen LogP contribution in [-0.4, -0.2) is 31.4 Å². The van der Waals surface area contributed by atoms with Crippen LogP contribution in [0.5, 0.6) is 0 Å². The molecule has 0 aliphatic carbocycles. The molecule has 0 unspecified atom stereocenters. The third-order valence-corrected chi connectivity index (χ3v) is 7.84. The number of hydrogen-bond donors (Lipinski definition) is 1. The molecule has 0 bridgehead atoms. The summed E-state index contributed by atoms with van der Waals surface area (Å²) in [6.07, 6.45) is 1.20. The number of aromatic nitrogens is 1. The summed E-state index contributed by atoms with van der Waals surface area (Å²) in [7, 11) is -4.07. The first-order valence-electron chi connectivity index (χ1n) is 9.96. The van der Waals surface area contributed by atoms with Crippen molar-refractivity contribution in [3.63, 3.8) is 0 Å². The Morgan fingerprint density at radius 2 is 1.90 bits per heavy atom. The molecule has 31 heavy (non-hydrogen) atoms. The third-order valence-electron chi connectivity index (χ3n) is 5.41. The number of thiazole rings is 1. The Kier molecular flexibility index (Phi) is 6.36. The van der Waals surface area contributed by atoms with Gasteiger partial charge in [0.15, 0.2) is 21.5 Å². The average Bonchev–Trinajstić information content (AvgIpc) is 3.19. The maximum absolute atomic E-state index is 14.9. The Labute approximate surface area is 184 Å². The Hall–Kier alpha value is -2.36. The van der Waals surface area contributed by atoms with Crippen LogP contribution in [0.2, 0.25) is 0 Å². The number of rotatable bonds is 8. The number of nitrogens with zero attached hydrogens (tertiary/aromatic N) is 2. The number of halogens is 2. The molecule has 2 heterocycles. The van der Waals surface area contributed by atoms with Gasteiger partial charge in [0.2, 0.25) is 0 Å². The maximum Gasteiger partial charge on any atom is 0.187 e. The van der Waals surface area contributed by atoms with Crippen LogP contribution in [0.3, 0.4) is 0 Å². The van der Waals surface area contributed by atoms with Crippen LogP contribution in [0, 0.1) is 18.6 Å².